The minimum atomic E-state index is -0.0259. The summed E-state index contributed by atoms with van der Waals surface area (Å²) in [6.45, 7) is 10.7. The van der Waals surface area contributed by atoms with Gasteiger partial charge in [-0.2, -0.15) is 0 Å². The van der Waals surface area contributed by atoms with Crippen molar-refractivity contribution in [3.05, 3.63) is 29.8 Å². The first-order valence-corrected chi connectivity index (χ1v) is 7.24. The van der Waals surface area contributed by atoms with Gasteiger partial charge in [0.15, 0.2) is 0 Å². The summed E-state index contributed by atoms with van der Waals surface area (Å²) in [7, 11) is 3.86. The molecule has 3 nitrogen and oxygen atoms in total. The molecule has 3 heteroatoms. The Labute approximate surface area is 124 Å². The zero-order valence-electron chi connectivity index (χ0n) is 13.9. The van der Waals surface area contributed by atoms with Gasteiger partial charge in [-0.05, 0) is 43.5 Å². The minimum Gasteiger partial charge on any atom is -0.497 e. The SMILES string of the molecule is COc1ccc(CC(C)(CN)N(C)CC(C)(C)C)cc1. The normalized spacial score (nSPS) is 15.2. The zero-order chi connectivity index (χ0) is 15.4. The van der Waals surface area contributed by atoms with Crippen LogP contribution in [0.1, 0.15) is 33.3 Å². The van der Waals surface area contributed by atoms with Crippen LogP contribution in [0.25, 0.3) is 0 Å². The molecule has 0 bridgehead atoms. The molecule has 1 unspecified atom stereocenters. The van der Waals surface area contributed by atoms with Crippen LogP contribution in [0, 0.1) is 5.41 Å². The lowest BCUT2D eigenvalue weighted by molar-refractivity contribution is 0.100. The van der Waals surface area contributed by atoms with E-state index in [-0.39, 0.29) is 11.0 Å². The van der Waals surface area contributed by atoms with Crippen LogP contribution in [0.15, 0.2) is 24.3 Å². The molecule has 0 aromatic heterocycles. The summed E-state index contributed by atoms with van der Waals surface area (Å²) in [6, 6.07) is 8.27. The number of nitrogens with zero attached hydrogens (tertiary/aromatic N) is 1. The molecule has 0 spiro atoms. The molecule has 1 aromatic carbocycles. The summed E-state index contributed by atoms with van der Waals surface area (Å²) in [5, 5.41) is 0. The minimum absolute atomic E-state index is 0.0259. The van der Waals surface area contributed by atoms with Crippen LogP contribution in [0.5, 0.6) is 5.75 Å². The third kappa shape index (κ3) is 4.80. The van der Waals surface area contributed by atoms with Crippen molar-refractivity contribution in [2.45, 2.75) is 39.7 Å². The number of methoxy groups -OCH3 is 1. The quantitative estimate of drug-likeness (QED) is 0.869. The summed E-state index contributed by atoms with van der Waals surface area (Å²) in [4.78, 5) is 2.39. The molecule has 1 atom stereocenters. The van der Waals surface area contributed by atoms with Crippen molar-refractivity contribution in [3.63, 3.8) is 0 Å². The van der Waals surface area contributed by atoms with E-state index in [1.54, 1.807) is 7.11 Å². The van der Waals surface area contributed by atoms with Gasteiger partial charge in [0.2, 0.25) is 0 Å². The van der Waals surface area contributed by atoms with Crippen molar-refractivity contribution in [3.8, 4) is 5.75 Å². The molecule has 0 fully saturated rings. The lowest BCUT2D eigenvalue weighted by Crippen LogP contribution is -2.53. The summed E-state index contributed by atoms with van der Waals surface area (Å²) in [5.41, 5.74) is 7.60. The van der Waals surface area contributed by atoms with Gasteiger partial charge in [0.05, 0.1) is 7.11 Å². The van der Waals surface area contributed by atoms with Crippen molar-refractivity contribution in [1.29, 1.82) is 0 Å². The molecule has 20 heavy (non-hydrogen) atoms. The number of ether oxygens (including phenoxy) is 1. The average Bonchev–Trinajstić information content (AvgIpc) is 2.37. The number of benzene rings is 1. The van der Waals surface area contributed by atoms with Crippen molar-refractivity contribution >= 4 is 0 Å². The van der Waals surface area contributed by atoms with Gasteiger partial charge in [-0.1, -0.05) is 32.9 Å². The molecule has 1 rings (SSSR count). The standard InChI is InChI=1S/C17H30N2O/c1-16(2,3)13-19(5)17(4,12-18)11-14-7-9-15(20-6)10-8-14/h7-10H,11-13,18H2,1-6H3. The third-order valence-electron chi connectivity index (χ3n) is 3.82. The van der Waals surface area contributed by atoms with Gasteiger partial charge in [-0.15, -0.1) is 0 Å². The highest BCUT2D eigenvalue weighted by molar-refractivity contribution is 5.28. The monoisotopic (exact) mass is 278 g/mol. The van der Waals surface area contributed by atoms with Crippen LogP contribution >= 0.6 is 0 Å². The second kappa shape index (κ2) is 6.59. The Bertz CT molecular complexity index is 408. The van der Waals surface area contributed by atoms with E-state index in [9.17, 15) is 0 Å². The number of hydrogen-bond acceptors (Lipinski definition) is 3. The molecule has 0 heterocycles. The van der Waals surface area contributed by atoms with Gasteiger partial charge in [-0.3, -0.25) is 4.90 Å². The fraction of sp³-hybridized carbons (Fsp3) is 0.647. The van der Waals surface area contributed by atoms with Crippen LogP contribution < -0.4 is 10.5 Å². The summed E-state index contributed by atoms with van der Waals surface area (Å²) in [6.07, 6.45) is 0.945. The second-order valence-electron chi connectivity index (χ2n) is 7.14. The maximum Gasteiger partial charge on any atom is 0.118 e. The Morgan fingerprint density at radius 2 is 1.65 bits per heavy atom. The largest absolute Gasteiger partial charge is 0.497 e. The maximum atomic E-state index is 6.06. The molecule has 114 valence electrons. The molecule has 1 aromatic rings. The van der Waals surface area contributed by atoms with Crippen LogP contribution in [0.3, 0.4) is 0 Å². The van der Waals surface area contributed by atoms with E-state index in [1.807, 2.05) is 12.1 Å². The van der Waals surface area contributed by atoms with Crippen molar-refractivity contribution in [2.24, 2.45) is 11.1 Å². The fourth-order valence-corrected chi connectivity index (χ4v) is 2.45. The Balaban J connectivity index is 2.82. The van der Waals surface area contributed by atoms with Crippen molar-refractivity contribution in [2.75, 3.05) is 27.2 Å². The van der Waals surface area contributed by atoms with E-state index in [0.29, 0.717) is 6.54 Å². The van der Waals surface area contributed by atoms with Crippen LogP contribution in [-0.2, 0) is 6.42 Å². The maximum absolute atomic E-state index is 6.06. The molecule has 0 saturated carbocycles. The summed E-state index contributed by atoms with van der Waals surface area (Å²) in [5.74, 6) is 0.895. The van der Waals surface area contributed by atoms with Gasteiger partial charge in [0.25, 0.3) is 0 Å². The molecule has 0 saturated heterocycles. The van der Waals surface area contributed by atoms with E-state index in [1.165, 1.54) is 5.56 Å². The Morgan fingerprint density at radius 3 is 2.05 bits per heavy atom. The number of hydrogen-bond donors (Lipinski definition) is 1. The van der Waals surface area contributed by atoms with E-state index in [4.69, 9.17) is 10.5 Å². The fourth-order valence-electron chi connectivity index (χ4n) is 2.45. The Hall–Kier alpha value is -1.06. The van der Waals surface area contributed by atoms with Crippen LogP contribution in [0.4, 0.5) is 0 Å². The molecular weight excluding hydrogens is 248 g/mol. The van der Waals surface area contributed by atoms with Gasteiger partial charge in [0.1, 0.15) is 5.75 Å². The molecule has 0 aliphatic carbocycles. The van der Waals surface area contributed by atoms with Gasteiger partial charge < -0.3 is 10.5 Å². The highest BCUT2D eigenvalue weighted by Gasteiger charge is 2.30. The van der Waals surface area contributed by atoms with Crippen LogP contribution in [-0.4, -0.2) is 37.7 Å². The molecular formula is C17H30N2O. The smallest absolute Gasteiger partial charge is 0.118 e. The topological polar surface area (TPSA) is 38.5 Å². The highest BCUT2D eigenvalue weighted by Crippen LogP contribution is 2.24. The lowest BCUT2D eigenvalue weighted by Gasteiger charge is -2.41. The Kier molecular flexibility index (Phi) is 5.60. The van der Waals surface area contributed by atoms with Crippen molar-refractivity contribution in [1.82, 2.24) is 4.90 Å². The van der Waals surface area contributed by atoms with Gasteiger partial charge in [-0.25, -0.2) is 0 Å². The van der Waals surface area contributed by atoms with E-state index in [0.717, 1.165) is 18.7 Å². The van der Waals surface area contributed by atoms with E-state index >= 15 is 0 Å². The molecule has 0 aliphatic rings. The van der Waals surface area contributed by atoms with Crippen molar-refractivity contribution < 1.29 is 4.74 Å². The first-order valence-electron chi connectivity index (χ1n) is 7.24. The van der Waals surface area contributed by atoms with Gasteiger partial charge >= 0.3 is 0 Å². The number of rotatable bonds is 6. The number of nitrogens with two attached hydrogens (primary N) is 1. The lowest BCUT2D eigenvalue weighted by atomic mass is 9.88. The number of likely N-dealkylation sites (N-methyl/N-ethyl adjacent to an activating group) is 1. The molecule has 0 amide bonds. The second-order valence-corrected chi connectivity index (χ2v) is 7.14. The van der Waals surface area contributed by atoms with E-state index in [2.05, 4.69) is 51.8 Å². The molecule has 2 N–H and O–H groups in total. The molecule has 0 radical (unpaired) electrons. The summed E-state index contributed by atoms with van der Waals surface area (Å²) < 4.78 is 5.20. The highest BCUT2D eigenvalue weighted by atomic mass is 16.5. The van der Waals surface area contributed by atoms with E-state index < -0.39 is 0 Å². The summed E-state index contributed by atoms with van der Waals surface area (Å²) >= 11 is 0. The first kappa shape index (κ1) is 17.0. The predicted octanol–water partition coefficient (Wildman–Crippen LogP) is 2.93. The molecule has 0 aliphatic heterocycles. The average molecular weight is 278 g/mol. The zero-order valence-corrected chi connectivity index (χ0v) is 13.9. The first-order chi connectivity index (χ1) is 9.20. The Morgan fingerprint density at radius 1 is 1.10 bits per heavy atom. The predicted molar refractivity (Wildman–Crippen MR) is 86.2 cm³/mol. The third-order valence-corrected chi connectivity index (χ3v) is 3.82. The van der Waals surface area contributed by atoms with Crippen LogP contribution in [0.2, 0.25) is 0 Å². The van der Waals surface area contributed by atoms with Gasteiger partial charge in [0, 0.05) is 18.6 Å².